The smallest absolute Gasteiger partial charge is 0.254 e. The number of hydrogen-bond acceptors (Lipinski definition) is 2. The zero-order chi connectivity index (χ0) is 14.1. The predicted octanol–water partition coefficient (Wildman–Crippen LogP) is 2.42. The molecule has 0 heterocycles. The Morgan fingerprint density at radius 1 is 1.22 bits per heavy atom. The lowest BCUT2D eigenvalue weighted by molar-refractivity contribution is 0.0638. The highest BCUT2D eigenvalue weighted by atomic mass is 16.2. The fourth-order valence-corrected chi connectivity index (χ4v) is 2.10. The molecule has 3 nitrogen and oxygen atoms in total. The first kappa shape index (κ1) is 14.7. The number of carbonyl (C=O) groups excluding carboxylic acids is 1. The van der Waals surface area contributed by atoms with Crippen molar-refractivity contribution in [2.45, 2.75) is 40.2 Å². The molecule has 0 saturated carbocycles. The summed E-state index contributed by atoms with van der Waals surface area (Å²) >= 11 is 0. The number of likely N-dealkylation sites (N-methyl/N-ethyl adjacent to an activating group) is 1. The molecule has 0 aromatic heterocycles. The van der Waals surface area contributed by atoms with E-state index in [9.17, 15) is 4.79 Å². The number of rotatable bonds is 3. The molecule has 0 aliphatic heterocycles. The molecule has 0 radical (unpaired) electrons. The van der Waals surface area contributed by atoms with Gasteiger partial charge in [0, 0.05) is 24.7 Å². The fraction of sp³-hybridized carbons (Fsp3) is 0.533. The van der Waals surface area contributed by atoms with Gasteiger partial charge in [0.1, 0.15) is 0 Å². The summed E-state index contributed by atoms with van der Waals surface area (Å²) in [5, 5.41) is 0. The summed E-state index contributed by atoms with van der Waals surface area (Å²) in [5.41, 5.74) is 9.43. The molecular weight excluding hydrogens is 224 g/mol. The van der Waals surface area contributed by atoms with Crippen LogP contribution >= 0.6 is 0 Å². The maximum absolute atomic E-state index is 12.6. The van der Waals surface area contributed by atoms with Gasteiger partial charge in [-0.1, -0.05) is 17.7 Å². The van der Waals surface area contributed by atoms with E-state index in [-0.39, 0.29) is 11.4 Å². The third-order valence-corrected chi connectivity index (χ3v) is 3.60. The Hall–Kier alpha value is -1.35. The Balaban J connectivity index is 3.20. The van der Waals surface area contributed by atoms with E-state index in [0.717, 1.165) is 16.7 Å². The molecule has 100 valence electrons. The number of nitrogens with zero attached hydrogens (tertiary/aromatic N) is 1. The number of carbonyl (C=O) groups is 1. The third kappa shape index (κ3) is 2.72. The second-order valence-electron chi connectivity index (χ2n) is 5.65. The standard InChI is InChI=1S/C15H24N2O/c1-10-7-11(2)13(12(3)8-10)14(18)17(6)15(4,5)9-16/h7-8H,9,16H2,1-6H3. The highest BCUT2D eigenvalue weighted by molar-refractivity contribution is 5.97. The first-order chi connectivity index (χ1) is 8.20. The van der Waals surface area contributed by atoms with Crippen LogP contribution in [-0.2, 0) is 0 Å². The van der Waals surface area contributed by atoms with E-state index in [1.54, 1.807) is 4.90 Å². The molecule has 3 heteroatoms. The first-order valence-electron chi connectivity index (χ1n) is 6.27. The van der Waals surface area contributed by atoms with E-state index in [1.165, 1.54) is 5.56 Å². The van der Waals surface area contributed by atoms with E-state index >= 15 is 0 Å². The second-order valence-corrected chi connectivity index (χ2v) is 5.65. The van der Waals surface area contributed by atoms with Crippen LogP contribution in [0.25, 0.3) is 0 Å². The van der Waals surface area contributed by atoms with Gasteiger partial charge in [-0.05, 0) is 45.7 Å². The molecule has 0 aliphatic carbocycles. The van der Waals surface area contributed by atoms with Crippen LogP contribution in [0.3, 0.4) is 0 Å². The highest BCUT2D eigenvalue weighted by Gasteiger charge is 2.28. The molecule has 0 fully saturated rings. The van der Waals surface area contributed by atoms with Crippen LogP contribution in [0.4, 0.5) is 0 Å². The molecule has 1 amide bonds. The molecule has 18 heavy (non-hydrogen) atoms. The lowest BCUT2D eigenvalue weighted by Gasteiger charge is -2.35. The number of nitrogens with two attached hydrogens (primary N) is 1. The lowest BCUT2D eigenvalue weighted by atomic mass is 9.96. The summed E-state index contributed by atoms with van der Waals surface area (Å²) in [7, 11) is 1.81. The average molecular weight is 248 g/mol. The maximum Gasteiger partial charge on any atom is 0.254 e. The zero-order valence-corrected chi connectivity index (χ0v) is 12.3. The Kier molecular flexibility index (Phi) is 4.17. The predicted molar refractivity (Wildman–Crippen MR) is 75.9 cm³/mol. The zero-order valence-electron chi connectivity index (χ0n) is 12.3. The molecule has 0 unspecified atom stereocenters. The molecule has 1 aromatic rings. The topological polar surface area (TPSA) is 46.3 Å². The molecule has 2 N–H and O–H groups in total. The quantitative estimate of drug-likeness (QED) is 0.893. The minimum absolute atomic E-state index is 0.0421. The van der Waals surface area contributed by atoms with Gasteiger partial charge in [0.25, 0.3) is 5.91 Å². The van der Waals surface area contributed by atoms with Gasteiger partial charge in [-0.15, -0.1) is 0 Å². The van der Waals surface area contributed by atoms with E-state index in [2.05, 4.69) is 0 Å². The van der Waals surface area contributed by atoms with Gasteiger partial charge in [-0.2, -0.15) is 0 Å². The molecule has 1 rings (SSSR count). The minimum atomic E-state index is -0.332. The number of aryl methyl sites for hydroxylation is 3. The van der Waals surface area contributed by atoms with E-state index in [0.29, 0.717) is 6.54 Å². The van der Waals surface area contributed by atoms with Crippen molar-refractivity contribution in [3.05, 3.63) is 34.4 Å². The molecule has 0 atom stereocenters. The molecule has 0 spiro atoms. The summed E-state index contributed by atoms with van der Waals surface area (Å²) in [6, 6.07) is 4.09. The van der Waals surface area contributed by atoms with Gasteiger partial charge in [-0.3, -0.25) is 4.79 Å². The summed E-state index contributed by atoms with van der Waals surface area (Å²) in [6.45, 7) is 10.4. The van der Waals surface area contributed by atoms with Crippen LogP contribution in [0.15, 0.2) is 12.1 Å². The SMILES string of the molecule is Cc1cc(C)c(C(=O)N(C)C(C)(C)CN)c(C)c1. The lowest BCUT2D eigenvalue weighted by Crippen LogP contribution is -2.50. The van der Waals surface area contributed by atoms with Gasteiger partial charge in [0.15, 0.2) is 0 Å². The maximum atomic E-state index is 12.6. The van der Waals surface area contributed by atoms with Crippen molar-refractivity contribution in [2.75, 3.05) is 13.6 Å². The van der Waals surface area contributed by atoms with Gasteiger partial charge in [0.2, 0.25) is 0 Å². The van der Waals surface area contributed by atoms with Gasteiger partial charge < -0.3 is 10.6 Å². The first-order valence-corrected chi connectivity index (χ1v) is 6.27. The Labute approximate surface area is 110 Å². The highest BCUT2D eigenvalue weighted by Crippen LogP contribution is 2.21. The Morgan fingerprint density at radius 2 is 1.67 bits per heavy atom. The van der Waals surface area contributed by atoms with Crippen molar-refractivity contribution in [1.29, 1.82) is 0 Å². The van der Waals surface area contributed by atoms with Gasteiger partial charge >= 0.3 is 0 Å². The molecule has 0 bridgehead atoms. The Morgan fingerprint density at radius 3 is 2.06 bits per heavy atom. The van der Waals surface area contributed by atoms with Gasteiger partial charge in [0.05, 0.1) is 0 Å². The average Bonchev–Trinajstić information content (AvgIpc) is 2.26. The third-order valence-electron chi connectivity index (χ3n) is 3.60. The van der Waals surface area contributed by atoms with Crippen LogP contribution in [0.2, 0.25) is 0 Å². The summed E-state index contributed by atoms with van der Waals surface area (Å²) in [4.78, 5) is 14.3. The van der Waals surface area contributed by atoms with E-state index in [1.807, 2.05) is 53.8 Å². The van der Waals surface area contributed by atoms with Crippen LogP contribution in [0.5, 0.6) is 0 Å². The van der Waals surface area contributed by atoms with Crippen molar-refractivity contribution in [3.8, 4) is 0 Å². The van der Waals surface area contributed by atoms with Crippen molar-refractivity contribution in [3.63, 3.8) is 0 Å². The molecule has 0 saturated heterocycles. The van der Waals surface area contributed by atoms with Crippen LogP contribution in [-0.4, -0.2) is 29.9 Å². The minimum Gasteiger partial charge on any atom is -0.335 e. The van der Waals surface area contributed by atoms with Crippen LogP contribution in [0.1, 0.15) is 40.9 Å². The van der Waals surface area contributed by atoms with E-state index in [4.69, 9.17) is 5.73 Å². The van der Waals surface area contributed by atoms with Crippen molar-refractivity contribution < 1.29 is 4.79 Å². The van der Waals surface area contributed by atoms with Crippen molar-refractivity contribution >= 4 is 5.91 Å². The van der Waals surface area contributed by atoms with Crippen molar-refractivity contribution in [2.24, 2.45) is 5.73 Å². The summed E-state index contributed by atoms with van der Waals surface area (Å²) in [6.07, 6.45) is 0. The fourth-order valence-electron chi connectivity index (χ4n) is 2.10. The Bertz CT molecular complexity index is 441. The number of hydrogen-bond donors (Lipinski definition) is 1. The summed E-state index contributed by atoms with van der Waals surface area (Å²) < 4.78 is 0. The molecule has 1 aromatic carbocycles. The van der Waals surface area contributed by atoms with Crippen molar-refractivity contribution in [1.82, 2.24) is 4.90 Å². The molecule has 0 aliphatic rings. The number of benzene rings is 1. The van der Waals surface area contributed by atoms with E-state index < -0.39 is 0 Å². The normalized spacial score (nSPS) is 11.5. The van der Waals surface area contributed by atoms with Crippen LogP contribution in [0, 0.1) is 20.8 Å². The van der Waals surface area contributed by atoms with Gasteiger partial charge in [-0.25, -0.2) is 0 Å². The summed E-state index contributed by atoms with van der Waals surface area (Å²) in [5.74, 6) is 0.0421. The van der Waals surface area contributed by atoms with Crippen LogP contribution < -0.4 is 5.73 Å². The second kappa shape index (κ2) is 5.11. The largest absolute Gasteiger partial charge is 0.335 e. The number of amides is 1. The monoisotopic (exact) mass is 248 g/mol. The molecular formula is C15H24N2O.